The van der Waals surface area contributed by atoms with Crippen molar-refractivity contribution >= 4 is 50.8 Å². The Morgan fingerprint density at radius 1 is 0.710 bits per heavy atom. The first-order valence-corrected chi connectivity index (χ1v) is 22.3. The largest absolute Gasteiger partial charge is 0.508 e. The van der Waals surface area contributed by atoms with E-state index in [1.54, 1.807) is 60.7 Å². The van der Waals surface area contributed by atoms with Gasteiger partial charge < -0.3 is 24.7 Å². The molecule has 3 saturated heterocycles. The van der Waals surface area contributed by atoms with Crippen LogP contribution in [0.15, 0.2) is 84.9 Å². The third-order valence-electron chi connectivity index (χ3n) is 12.8. The molecule has 5 heterocycles. The van der Waals surface area contributed by atoms with E-state index in [0.29, 0.717) is 40.5 Å². The van der Waals surface area contributed by atoms with E-state index in [-0.39, 0.29) is 36.0 Å². The molecule has 0 aliphatic carbocycles. The van der Waals surface area contributed by atoms with Crippen LogP contribution < -0.4 is 10.1 Å². The van der Waals surface area contributed by atoms with Crippen molar-refractivity contribution in [2.24, 2.45) is 0 Å². The molecular weight excluding hydrogens is 807 g/mol. The smallest absolute Gasteiger partial charge is 0.262 e. The summed E-state index contributed by atoms with van der Waals surface area (Å²) in [6.45, 7) is 9.42. The number of imide groups is 2. The zero-order chi connectivity index (χ0) is 42.9. The number of aromatic hydroxyl groups is 2. The van der Waals surface area contributed by atoms with Gasteiger partial charge in [0, 0.05) is 65.2 Å². The quantitative estimate of drug-likeness (QED) is 0.0960. The van der Waals surface area contributed by atoms with Gasteiger partial charge in [-0.25, -0.2) is 0 Å². The zero-order valence-corrected chi connectivity index (χ0v) is 35.2. The molecule has 0 saturated carbocycles. The first kappa shape index (κ1) is 41.4. The number of thiophene rings is 1. The van der Waals surface area contributed by atoms with Crippen molar-refractivity contribution in [2.45, 2.75) is 44.1 Å². The minimum atomic E-state index is -0.957. The molecular formula is C48H49N5O8S. The molecule has 3 fully saturated rings. The molecule has 3 N–H and O–H groups in total. The molecule has 0 bridgehead atoms. The average molecular weight is 856 g/mol. The maximum atomic E-state index is 13.9. The van der Waals surface area contributed by atoms with Crippen LogP contribution in [0.25, 0.3) is 20.5 Å². The standard InChI is InChI=1S/C48H49N5O8S/c54-34-7-2-32(3-8-34)45-43(38-13-9-35(55)29-41(38)62-45)44(57)31-4-10-36(11-5-31)61-27-26-52-24-22-51(23-25-52)19-1-18-50-20-16-30(17-21-50)33-6-12-37-39(28-33)48(60)53(47(37)59)40-14-15-42(56)49-46(40)58/h2-13,28-30,40,54-55H,1,14-27H2,(H,49,56,58). The van der Waals surface area contributed by atoms with Crippen LogP contribution in [0.5, 0.6) is 17.2 Å². The van der Waals surface area contributed by atoms with E-state index in [2.05, 4.69) is 20.0 Å². The number of rotatable bonds is 13. The molecule has 0 radical (unpaired) electrons. The number of amides is 4. The second-order valence-corrected chi connectivity index (χ2v) is 17.7. The van der Waals surface area contributed by atoms with E-state index in [0.717, 1.165) is 109 Å². The number of carbonyl (C=O) groups is 5. The number of likely N-dealkylation sites (tertiary alicyclic amines) is 1. The SMILES string of the molecule is O=C1CCC(N2C(=O)c3ccc(C4CCN(CCCN5CCN(CCOc6ccc(C(=O)c7c(-c8ccc(O)cc8)sc8cc(O)ccc78)cc6)CC5)CC4)cc3C2=O)C(=O)N1. The van der Waals surface area contributed by atoms with Crippen molar-refractivity contribution in [2.75, 3.05) is 65.5 Å². The molecule has 4 aromatic carbocycles. The second-order valence-electron chi connectivity index (χ2n) is 16.6. The number of hydrogen-bond donors (Lipinski definition) is 3. The number of ketones is 1. The van der Waals surface area contributed by atoms with Gasteiger partial charge in [0.2, 0.25) is 11.8 Å². The number of nitrogens with one attached hydrogen (secondary N) is 1. The topological polar surface area (TPSA) is 160 Å². The first-order valence-electron chi connectivity index (χ1n) is 21.4. The molecule has 0 spiro atoms. The van der Waals surface area contributed by atoms with Crippen LogP contribution in [0.1, 0.15) is 80.2 Å². The highest BCUT2D eigenvalue weighted by Gasteiger charge is 2.45. The first-order chi connectivity index (χ1) is 30.1. The molecule has 14 heteroatoms. The van der Waals surface area contributed by atoms with Gasteiger partial charge in [0.1, 0.15) is 29.9 Å². The van der Waals surface area contributed by atoms with Crippen LogP contribution in [-0.2, 0) is 9.59 Å². The van der Waals surface area contributed by atoms with E-state index < -0.39 is 23.8 Å². The maximum absolute atomic E-state index is 13.9. The highest BCUT2D eigenvalue weighted by Crippen LogP contribution is 2.42. The van der Waals surface area contributed by atoms with E-state index in [4.69, 9.17) is 4.74 Å². The third kappa shape index (κ3) is 8.60. The minimum absolute atomic E-state index is 0.101. The summed E-state index contributed by atoms with van der Waals surface area (Å²) in [6, 6.07) is 23.7. The molecule has 4 amide bonds. The summed E-state index contributed by atoms with van der Waals surface area (Å²) in [5.41, 5.74) is 3.66. The van der Waals surface area contributed by atoms with Gasteiger partial charge in [0.15, 0.2) is 5.78 Å². The lowest BCUT2D eigenvalue weighted by Gasteiger charge is -2.36. The Morgan fingerprint density at radius 3 is 2.08 bits per heavy atom. The average Bonchev–Trinajstić information content (AvgIpc) is 3.77. The van der Waals surface area contributed by atoms with E-state index in [9.17, 15) is 34.2 Å². The van der Waals surface area contributed by atoms with Crippen LogP contribution in [0.4, 0.5) is 0 Å². The Hall–Kier alpha value is -5.93. The number of piperazine rings is 1. The molecule has 1 unspecified atom stereocenters. The Bertz CT molecular complexity index is 2520. The Labute approximate surface area is 363 Å². The summed E-state index contributed by atoms with van der Waals surface area (Å²) >= 11 is 1.44. The molecule has 4 aliphatic heterocycles. The number of phenolic OH excluding ortho intramolecular Hbond substituents is 2. The fourth-order valence-corrected chi connectivity index (χ4v) is 10.5. The van der Waals surface area contributed by atoms with Crippen molar-refractivity contribution in [3.8, 4) is 27.7 Å². The molecule has 4 aliphatic rings. The normalized spacial score (nSPS) is 19.3. The molecule has 1 aromatic heterocycles. The lowest BCUT2D eigenvalue weighted by molar-refractivity contribution is -0.136. The molecule has 1 atom stereocenters. The summed E-state index contributed by atoms with van der Waals surface area (Å²) in [4.78, 5) is 73.7. The van der Waals surface area contributed by atoms with E-state index in [1.807, 2.05) is 24.3 Å². The van der Waals surface area contributed by atoms with Gasteiger partial charge in [-0.1, -0.05) is 6.07 Å². The van der Waals surface area contributed by atoms with Crippen LogP contribution in [-0.4, -0.2) is 131 Å². The van der Waals surface area contributed by atoms with Crippen LogP contribution in [0.3, 0.4) is 0 Å². The summed E-state index contributed by atoms with van der Waals surface area (Å²) in [6.07, 6.45) is 3.30. The number of fused-ring (bicyclic) bond motifs is 2. The Balaban J connectivity index is 0.688. The molecule has 5 aromatic rings. The number of phenols is 2. The molecule has 320 valence electrons. The van der Waals surface area contributed by atoms with Gasteiger partial charge in [-0.3, -0.25) is 39.1 Å². The number of piperidine rings is 2. The summed E-state index contributed by atoms with van der Waals surface area (Å²) in [5.74, 6) is -0.728. The number of carbonyl (C=O) groups excluding carboxylic acids is 5. The van der Waals surface area contributed by atoms with Gasteiger partial charge >= 0.3 is 0 Å². The van der Waals surface area contributed by atoms with Crippen molar-refractivity contribution in [1.29, 1.82) is 0 Å². The fraction of sp³-hybridized carbons (Fsp3) is 0.354. The van der Waals surface area contributed by atoms with Gasteiger partial charge in [0.05, 0.1) is 11.1 Å². The van der Waals surface area contributed by atoms with Crippen LogP contribution in [0, 0.1) is 0 Å². The van der Waals surface area contributed by atoms with Gasteiger partial charge in [0.25, 0.3) is 11.8 Å². The van der Waals surface area contributed by atoms with Crippen LogP contribution in [0.2, 0.25) is 0 Å². The van der Waals surface area contributed by atoms with E-state index >= 15 is 0 Å². The number of hydrogen-bond acceptors (Lipinski definition) is 12. The highest BCUT2D eigenvalue weighted by molar-refractivity contribution is 7.22. The molecule has 9 rings (SSSR count). The van der Waals surface area contributed by atoms with Gasteiger partial charge in [-0.2, -0.15) is 0 Å². The van der Waals surface area contributed by atoms with Crippen molar-refractivity contribution < 1.29 is 38.9 Å². The molecule has 62 heavy (non-hydrogen) atoms. The Kier molecular flexibility index (Phi) is 11.9. The monoisotopic (exact) mass is 855 g/mol. The van der Waals surface area contributed by atoms with E-state index in [1.165, 1.54) is 11.3 Å². The van der Waals surface area contributed by atoms with Crippen LogP contribution >= 0.6 is 11.3 Å². The van der Waals surface area contributed by atoms with Crippen molar-refractivity contribution in [3.05, 3.63) is 113 Å². The molecule has 13 nitrogen and oxygen atoms in total. The minimum Gasteiger partial charge on any atom is -0.508 e. The fourth-order valence-electron chi connectivity index (χ4n) is 9.25. The lowest BCUT2D eigenvalue weighted by Crippen LogP contribution is -2.54. The predicted octanol–water partition coefficient (Wildman–Crippen LogP) is 5.88. The van der Waals surface area contributed by atoms with Gasteiger partial charge in [-0.05, 0) is 148 Å². The third-order valence-corrected chi connectivity index (χ3v) is 14.0. The highest BCUT2D eigenvalue weighted by atomic mass is 32.1. The van der Waals surface area contributed by atoms with Crippen molar-refractivity contribution in [3.63, 3.8) is 0 Å². The number of ether oxygens (including phenoxy) is 1. The number of benzene rings is 4. The van der Waals surface area contributed by atoms with Crippen molar-refractivity contribution in [1.82, 2.24) is 24.9 Å². The summed E-state index contributed by atoms with van der Waals surface area (Å²) < 4.78 is 6.91. The summed E-state index contributed by atoms with van der Waals surface area (Å²) in [5, 5.41) is 22.9. The second kappa shape index (κ2) is 17.8. The summed E-state index contributed by atoms with van der Waals surface area (Å²) in [7, 11) is 0. The predicted molar refractivity (Wildman–Crippen MR) is 235 cm³/mol. The van der Waals surface area contributed by atoms with Gasteiger partial charge in [-0.15, -0.1) is 11.3 Å². The lowest BCUT2D eigenvalue weighted by atomic mass is 9.88. The Morgan fingerprint density at radius 2 is 1.37 bits per heavy atom. The maximum Gasteiger partial charge on any atom is 0.262 e. The number of nitrogens with zero attached hydrogens (tertiary/aromatic N) is 4. The zero-order valence-electron chi connectivity index (χ0n) is 34.4.